The molecule has 0 radical (unpaired) electrons. The molecule has 1 aromatic rings. The first kappa shape index (κ1) is 10.1. The van der Waals surface area contributed by atoms with Crippen LogP contribution in [-0.4, -0.2) is 4.57 Å². The fraction of sp³-hybridized carbons (Fsp3) is 0.600. The molecule has 76 valence electrons. The molecule has 2 nitrogen and oxygen atoms in total. The van der Waals surface area contributed by atoms with Crippen LogP contribution >= 0.6 is 23.6 Å². The second-order valence-corrected chi connectivity index (χ2v) is 5.23. The van der Waals surface area contributed by atoms with E-state index in [-0.39, 0.29) is 5.56 Å². The van der Waals surface area contributed by atoms with Crippen LogP contribution in [0, 0.1) is 3.95 Å². The van der Waals surface area contributed by atoms with Crippen molar-refractivity contribution in [1.29, 1.82) is 0 Å². The summed E-state index contributed by atoms with van der Waals surface area (Å²) in [6.07, 6.45) is 5.98. The third-order valence-electron chi connectivity index (χ3n) is 2.75. The normalized spacial score (nSPS) is 18.3. The van der Waals surface area contributed by atoms with Crippen LogP contribution in [0.1, 0.15) is 38.1 Å². The minimum absolute atomic E-state index is 0.0700. The fourth-order valence-electron chi connectivity index (χ4n) is 2.05. The van der Waals surface area contributed by atoms with Gasteiger partial charge in [0.05, 0.1) is 0 Å². The molecule has 1 heterocycles. The van der Waals surface area contributed by atoms with Gasteiger partial charge in [0.25, 0.3) is 5.56 Å². The molecular formula is C10H13NOS2. The number of hydrogen-bond donors (Lipinski definition) is 0. The molecule has 0 amide bonds. The highest BCUT2D eigenvalue weighted by Crippen LogP contribution is 2.27. The Hall–Kier alpha value is -0.480. The van der Waals surface area contributed by atoms with Gasteiger partial charge in [-0.25, -0.2) is 0 Å². The summed E-state index contributed by atoms with van der Waals surface area (Å²) < 4.78 is 2.53. The van der Waals surface area contributed by atoms with E-state index in [0.717, 1.165) is 16.8 Å². The predicted molar refractivity (Wildman–Crippen MR) is 61.5 cm³/mol. The van der Waals surface area contributed by atoms with E-state index in [4.69, 9.17) is 12.2 Å². The molecule has 4 heteroatoms. The minimum atomic E-state index is 0.0700. The molecule has 0 aromatic carbocycles. The average Bonchev–Trinajstić information content (AvgIpc) is 2.19. The van der Waals surface area contributed by atoms with E-state index in [0.29, 0.717) is 6.04 Å². The molecule has 0 aliphatic heterocycles. The second kappa shape index (κ2) is 4.36. The molecular weight excluding hydrogens is 214 g/mol. The molecule has 1 saturated carbocycles. The maximum atomic E-state index is 11.6. The van der Waals surface area contributed by atoms with Crippen LogP contribution < -0.4 is 5.56 Å². The summed E-state index contributed by atoms with van der Waals surface area (Å²) in [6.45, 7) is 0. The quantitative estimate of drug-likeness (QED) is 0.688. The highest BCUT2D eigenvalue weighted by molar-refractivity contribution is 7.73. The number of hydrogen-bond acceptors (Lipinski definition) is 3. The van der Waals surface area contributed by atoms with Crippen molar-refractivity contribution in [2.45, 2.75) is 38.1 Å². The first-order chi connectivity index (χ1) is 6.79. The molecule has 0 spiro atoms. The Bertz CT molecular complexity index is 386. The van der Waals surface area contributed by atoms with Crippen molar-refractivity contribution in [3.63, 3.8) is 0 Å². The zero-order valence-electron chi connectivity index (χ0n) is 7.94. The van der Waals surface area contributed by atoms with Crippen LogP contribution in [0.15, 0.2) is 16.2 Å². The highest BCUT2D eigenvalue weighted by Gasteiger charge is 2.16. The molecule has 0 saturated heterocycles. The van der Waals surface area contributed by atoms with Gasteiger partial charge in [-0.15, -0.1) is 11.3 Å². The lowest BCUT2D eigenvalue weighted by atomic mass is 9.95. The lowest BCUT2D eigenvalue weighted by molar-refractivity contribution is 0.346. The van der Waals surface area contributed by atoms with E-state index in [2.05, 4.69) is 0 Å². The summed E-state index contributed by atoms with van der Waals surface area (Å²) in [4.78, 5) is 11.6. The van der Waals surface area contributed by atoms with Crippen molar-refractivity contribution in [2.75, 3.05) is 0 Å². The Labute approximate surface area is 92.2 Å². The molecule has 1 aliphatic carbocycles. The van der Waals surface area contributed by atoms with Gasteiger partial charge in [-0.3, -0.25) is 9.36 Å². The Morgan fingerprint density at radius 1 is 1.36 bits per heavy atom. The van der Waals surface area contributed by atoms with Gasteiger partial charge in [0.15, 0.2) is 3.95 Å². The summed E-state index contributed by atoms with van der Waals surface area (Å²) >= 11 is 6.68. The molecule has 0 N–H and O–H groups in total. The summed E-state index contributed by atoms with van der Waals surface area (Å²) in [5.74, 6) is 0. The van der Waals surface area contributed by atoms with Crippen LogP contribution in [0.3, 0.4) is 0 Å². The van der Waals surface area contributed by atoms with Gasteiger partial charge in [0, 0.05) is 12.1 Å². The van der Waals surface area contributed by atoms with E-state index >= 15 is 0 Å². The van der Waals surface area contributed by atoms with Crippen molar-refractivity contribution in [2.24, 2.45) is 0 Å². The van der Waals surface area contributed by atoms with Crippen molar-refractivity contribution >= 4 is 23.6 Å². The van der Waals surface area contributed by atoms with E-state index < -0.39 is 0 Å². The van der Waals surface area contributed by atoms with Crippen LogP contribution in [0.2, 0.25) is 0 Å². The summed E-state index contributed by atoms with van der Waals surface area (Å²) in [5.41, 5.74) is 0.0700. The smallest absolute Gasteiger partial charge is 0.253 e. The third-order valence-corrected chi connectivity index (χ3v) is 3.91. The topological polar surface area (TPSA) is 22.0 Å². The van der Waals surface area contributed by atoms with Crippen LogP contribution in [-0.2, 0) is 0 Å². The molecule has 0 atom stereocenters. The van der Waals surface area contributed by atoms with Crippen LogP contribution in [0.4, 0.5) is 0 Å². The molecule has 14 heavy (non-hydrogen) atoms. The van der Waals surface area contributed by atoms with Crippen molar-refractivity contribution < 1.29 is 0 Å². The molecule has 1 aliphatic rings. The average molecular weight is 227 g/mol. The Balaban J connectivity index is 2.39. The number of aromatic nitrogens is 1. The van der Waals surface area contributed by atoms with Crippen LogP contribution in [0.5, 0.6) is 0 Å². The van der Waals surface area contributed by atoms with Gasteiger partial charge in [0.2, 0.25) is 0 Å². The molecule has 1 aromatic heterocycles. The van der Waals surface area contributed by atoms with Crippen molar-refractivity contribution in [3.05, 3.63) is 25.8 Å². The fourth-order valence-corrected chi connectivity index (χ4v) is 3.10. The first-order valence-corrected chi connectivity index (χ1v) is 6.28. The standard InChI is InChI=1S/C10H13NOS2/c12-9-6-7-14-10(13)11(9)8-4-2-1-3-5-8/h6-8H,1-5H2. The Kier molecular flexibility index (Phi) is 3.13. The second-order valence-electron chi connectivity index (χ2n) is 3.69. The Morgan fingerprint density at radius 2 is 2.07 bits per heavy atom. The van der Waals surface area contributed by atoms with E-state index in [9.17, 15) is 4.79 Å². The molecule has 2 rings (SSSR count). The number of rotatable bonds is 1. The zero-order valence-corrected chi connectivity index (χ0v) is 9.57. The summed E-state index contributed by atoms with van der Waals surface area (Å²) in [6, 6.07) is 1.98. The van der Waals surface area contributed by atoms with Gasteiger partial charge < -0.3 is 0 Å². The summed E-state index contributed by atoms with van der Waals surface area (Å²) in [7, 11) is 0. The maximum Gasteiger partial charge on any atom is 0.253 e. The number of nitrogens with zero attached hydrogens (tertiary/aromatic N) is 1. The van der Waals surface area contributed by atoms with Gasteiger partial charge in [0.1, 0.15) is 0 Å². The van der Waals surface area contributed by atoms with Gasteiger partial charge in [-0.1, -0.05) is 19.3 Å². The van der Waals surface area contributed by atoms with E-state index in [1.807, 2.05) is 0 Å². The largest absolute Gasteiger partial charge is 0.288 e. The SMILES string of the molecule is O=c1ccsc(=S)n1C1CCCCC1. The van der Waals surface area contributed by atoms with Crippen molar-refractivity contribution in [3.8, 4) is 0 Å². The van der Waals surface area contributed by atoms with Gasteiger partial charge in [-0.05, 0) is 30.4 Å². The van der Waals surface area contributed by atoms with Crippen molar-refractivity contribution in [1.82, 2.24) is 4.57 Å². The third kappa shape index (κ3) is 1.96. The summed E-state index contributed by atoms with van der Waals surface area (Å²) in [5, 5.41) is 1.78. The highest BCUT2D eigenvalue weighted by atomic mass is 32.1. The molecule has 0 unspecified atom stereocenters. The predicted octanol–water partition coefficient (Wildman–Crippen LogP) is 3.14. The Morgan fingerprint density at radius 3 is 2.71 bits per heavy atom. The lowest BCUT2D eigenvalue weighted by Gasteiger charge is -2.23. The van der Waals surface area contributed by atoms with Crippen LogP contribution in [0.25, 0.3) is 0 Å². The van der Waals surface area contributed by atoms with Gasteiger partial charge in [-0.2, -0.15) is 0 Å². The zero-order chi connectivity index (χ0) is 9.97. The van der Waals surface area contributed by atoms with Gasteiger partial charge >= 0.3 is 0 Å². The van der Waals surface area contributed by atoms with E-state index in [1.54, 1.807) is 16.0 Å². The monoisotopic (exact) mass is 227 g/mol. The lowest BCUT2D eigenvalue weighted by Crippen LogP contribution is -2.25. The van der Waals surface area contributed by atoms with E-state index in [1.165, 1.54) is 30.6 Å². The first-order valence-electron chi connectivity index (χ1n) is 4.99. The molecule has 0 bridgehead atoms. The molecule has 1 fully saturated rings. The maximum absolute atomic E-state index is 11.6. The minimum Gasteiger partial charge on any atom is -0.288 e.